The molecule has 5 heteroatoms. The predicted molar refractivity (Wildman–Crippen MR) is 117 cm³/mol. The Kier molecular flexibility index (Phi) is 4.61. The van der Waals surface area contributed by atoms with Gasteiger partial charge in [0.05, 0.1) is 17.6 Å². The van der Waals surface area contributed by atoms with Crippen LogP contribution in [0.4, 0.5) is 4.39 Å². The van der Waals surface area contributed by atoms with Crippen LogP contribution in [0.1, 0.15) is 51.3 Å². The van der Waals surface area contributed by atoms with Crippen molar-refractivity contribution in [3.63, 3.8) is 0 Å². The molecule has 2 aromatic rings. The summed E-state index contributed by atoms with van der Waals surface area (Å²) in [6, 6.07) is 6.40. The Hall–Kier alpha value is -2.82. The van der Waals surface area contributed by atoms with Gasteiger partial charge in [0, 0.05) is 17.3 Å². The van der Waals surface area contributed by atoms with Crippen molar-refractivity contribution in [2.75, 3.05) is 0 Å². The summed E-state index contributed by atoms with van der Waals surface area (Å²) in [5.74, 6) is -0.279. The van der Waals surface area contributed by atoms with E-state index in [0.29, 0.717) is 6.42 Å². The Labute approximate surface area is 181 Å². The van der Waals surface area contributed by atoms with Crippen molar-refractivity contribution in [1.29, 1.82) is 0 Å². The molecule has 3 aliphatic rings. The molecule has 0 spiro atoms. The minimum absolute atomic E-state index is 0.119. The molecule has 1 aromatic carbocycles. The summed E-state index contributed by atoms with van der Waals surface area (Å²) in [7, 11) is 0. The summed E-state index contributed by atoms with van der Waals surface area (Å²) in [6.07, 6.45) is 9.67. The average molecular weight is 419 g/mol. The molecule has 1 aromatic heterocycles. The van der Waals surface area contributed by atoms with E-state index < -0.39 is 0 Å². The zero-order valence-electron chi connectivity index (χ0n) is 18.2. The first-order chi connectivity index (χ1) is 14.8. The maximum atomic E-state index is 13.4. The number of aromatic nitrogens is 2. The number of fused-ring (bicyclic) bond motifs is 4. The number of halogens is 1. The number of allylic oxidation sites excluding steroid dienone is 3. The van der Waals surface area contributed by atoms with Gasteiger partial charge in [0.25, 0.3) is 0 Å². The molecule has 1 saturated carbocycles. The van der Waals surface area contributed by atoms with E-state index in [0.717, 1.165) is 36.2 Å². The fourth-order valence-corrected chi connectivity index (χ4v) is 6.22. The van der Waals surface area contributed by atoms with Crippen LogP contribution in [0.2, 0.25) is 0 Å². The summed E-state index contributed by atoms with van der Waals surface area (Å²) in [6.45, 7) is 5.54. The van der Waals surface area contributed by atoms with Gasteiger partial charge >= 0.3 is 0 Å². The SMILES string of the molecule is CC(=O)C1CC=C2C(CCC3=Cc4c(cnn4-c4ccc(F)cc4)CC32C)C1C(C)=O. The van der Waals surface area contributed by atoms with Gasteiger partial charge < -0.3 is 0 Å². The highest BCUT2D eigenvalue weighted by atomic mass is 19.1. The normalized spacial score (nSPS) is 29.2. The summed E-state index contributed by atoms with van der Waals surface area (Å²) in [4.78, 5) is 24.8. The highest BCUT2D eigenvalue weighted by Crippen LogP contribution is 2.57. The van der Waals surface area contributed by atoms with Crippen LogP contribution in [0.25, 0.3) is 11.8 Å². The number of ketones is 2. The number of rotatable bonds is 3. The van der Waals surface area contributed by atoms with Crippen molar-refractivity contribution in [2.45, 2.75) is 46.5 Å². The van der Waals surface area contributed by atoms with Gasteiger partial charge in [-0.2, -0.15) is 5.10 Å². The van der Waals surface area contributed by atoms with Crippen LogP contribution in [0, 0.1) is 29.0 Å². The number of hydrogen-bond acceptors (Lipinski definition) is 3. The molecule has 160 valence electrons. The Bertz CT molecular complexity index is 1140. The molecule has 1 heterocycles. The van der Waals surface area contributed by atoms with Gasteiger partial charge in [0.1, 0.15) is 17.4 Å². The van der Waals surface area contributed by atoms with Crippen LogP contribution < -0.4 is 0 Å². The molecule has 5 rings (SSSR count). The summed E-state index contributed by atoms with van der Waals surface area (Å²) >= 11 is 0. The van der Waals surface area contributed by atoms with E-state index in [4.69, 9.17) is 0 Å². The highest BCUT2D eigenvalue weighted by Gasteiger charge is 2.50. The summed E-state index contributed by atoms with van der Waals surface area (Å²) in [5.41, 5.74) is 5.58. The Balaban J connectivity index is 1.56. The second-order valence-electron chi connectivity index (χ2n) is 9.52. The molecule has 0 N–H and O–H groups in total. The van der Waals surface area contributed by atoms with Gasteiger partial charge in [-0.05, 0) is 81.4 Å². The predicted octanol–water partition coefficient (Wildman–Crippen LogP) is 5.11. The first-order valence-corrected chi connectivity index (χ1v) is 11.0. The number of benzene rings is 1. The number of carbonyl (C=O) groups is 2. The third kappa shape index (κ3) is 3.05. The average Bonchev–Trinajstić information content (AvgIpc) is 3.13. The molecule has 0 aliphatic heterocycles. The third-order valence-electron chi connectivity index (χ3n) is 7.73. The zero-order valence-corrected chi connectivity index (χ0v) is 18.2. The standard InChI is InChI=1S/C26H27FN2O2/c1-15(30)21-10-11-23-22(25(21)16(2)31)9-4-18-12-24-17(13-26(18,23)3)14-28-29(24)20-7-5-19(27)6-8-20/h5-8,11-12,14,21-22,25H,4,9-10,13H2,1-3H3. The van der Waals surface area contributed by atoms with Gasteiger partial charge in [0.2, 0.25) is 0 Å². The molecule has 1 fully saturated rings. The lowest BCUT2D eigenvalue weighted by Gasteiger charge is -2.50. The van der Waals surface area contributed by atoms with E-state index >= 15 is 0 Å². The molecule has 0 saturated heterocycles. The van der Waals surface area contributed by atoms with Gasteiger partial charge in [0.15, 0.2) is 0 Å². The van der Waals surface area contributed by atoms with E-state index in [9.17, 15) is 14.0 Å². The van der Waals surface area contributed by atoms with E-state index in [2.05, 4.69) is 24.2 Å². The Morgan fingerprint density at radius 1 is 1.16 bits per heavy atom. The minimum atomic E-state index is -0.262. The van der Waals surface area contributed by atoms with Crippen LogP contribution in [-0.4, -0.2) is 21.3 Å². The third-order valence-corrected chi connectivity index (χ3v) is 7.73. The maximum absolute atomic E-state index is 13.4. The second-order valence-corrected chi connectivity index (χ2v) is 9.52. The number of hydrogen-bond donors (Lipinski definition) is 0. The van der Waals surface area contributed by atoms with Gasteiger partial charge in [-0.3, -0.25) is 9.59 Å². The first kappa shape index (κ1) is 20.1. The van der Waals surface area contributed by atoms with Crippen LogP contribution >= 0.6 is 0 Å². The molecule has 4 atom stereocenters. The van der Waals surface area contributed by atoms with Crippen molar-refractivity contribution >= 4 is 17.6 Å². The molecular formula is C26H27FN2O2. The lowest BCUT2D eigenvalue weighted by atomic mass is 9.53. The molecule has 31 heavy (non-hydrogen) atoms. The van der Waals surface area contributed by atoms with Crippen molar-refractivity contribution in [1.82, 2.24) is 9.78 Å². The van der Waals surface area contributed by atoms with Crippen molar-refractivity contribution in [2.24, 2.45) is 23.2 Å². The topological polar surface area (TPSA) is 52.0 Å². The molecule has 4 nitrogen and oxygen atoms in total. The number of nitrogens with zero attached hydrogens (tertiary/aromatic N) is 2. The number of Topliss-reactive ketones (excluding diaryl/α,β-unsaturated/α-hetero) is 2. The lowest BCUT2D eigenvalue weighted by Crippen LogP contribution is -2.45. The molecule has 3 aliphatic carbocycles. The number of carbonyl (C=O) groups excluding carboxylic acids is 2. The lowest BCUT2D eigenvalue weighted by molar-refractivity contribution is -0.132. The highest BCUT2D eigenvalue weighted by molar-refractivity contribution is 5.88. The molecule has 4 unspecified atom stereocenters. The van der Waals surface area contributed by atoms with E-state index in [1.807, 2.05) is 10.9 Å². The van der Waals surface area contributed by atoms with Crippen molar-refractivity contribution < 1.29 is 14.0 Å². The fourth-order valence-electron chi connectivity index (χ4n) is 6.22. The van der Waals surface area contributed by atoms with Crippen LogP contribution in [0.15, 0.2) is 47.7 Å². The summed E-state index contributed by atoms with van der Waals surface area (Å²) < 4.78 is 15.3. The van der Waals surface area contributed by atoms with E-state index in [1.165, 1.54) is 23.3 Å². The second kappa shape index (κ2) is 7.11. The monoisotopic (exact) mass is 418 g/mol. The Morgan fingerprint density at radius 2 is 1.90 bits per heavy atom. The van der Waals surface area contributed by atoms with E-state index in [1.54, 1.807) is 26.0 Å². The molecule has 0 amide bonds. The van der Waals surface area contributed by atoms with E-state index in [-0.39, 0.29) is 40.6 Å². The first-order valence-electron chi connectivity index (χ1n) is 11.0. The zero-order chi connectivity index (χ0) is 21.9. The molecular weight excluding hydrogens is 391 g/mol. The Morgan fingerprint density at radius 3 is 2.58 bits per heavy atom. The molecule has 0 bridgehead atoms. The van der Waals surface area contributed by atoms with Crippen LogP contribution in [-0.2, 0) is 16.0 Å². The fraction of sp³-hybridized carbons (Fsp3) is 0.423. The van der Waals surface area contributed by atoms with Gasteiger partial charge in [-0.25, -0.2) is 9.07 Å². The smallest absolute Gasteiger partial charge is 0.134 e. The van der Waals surface area contributed by atoms with Crippen LogP contribution in [0.3, 0.4) is 0 Å². The minimum Gasteiger partial charge on any atom is -0.300 e. The largest absolute Gasteiger partial charge is 0.300 e. The van der Waals surface area contributed by atoms with Gasteiger partial charge in [-0.15, -0.1) is 0 Å². The van der Waals surface area contributed by atoms with Crippen molar-refractivity contribution in [3.05, 3.63) is 64.8 Å². The summed E-state index contributed by atoms with van der Waals surface area (Å²) in [5, 5.41) is 4.60. The van der Waals surface area contributed by atoms with Crippen molar-refractivity contribution in [3.8, 4) is 5.69 Å². The quantitative estimate of drug-likeness (QED) is 0.651. The maximum Gasteiger partial charge on any atom is 0.134 e. The van der Waals surface area contributed by atoms with Gasteiger partial charge in [-0.1, -0.05) is 24.1 Å². The van der Waals surface area contributed by atoms with Crippen LogP contribution in [0.5, 0.6) is 0 Å². The molecule has 0 radical (unpaired) electrons.